The average Bonchev–Trinajstić information content (AvgIpc) is 3.18. The fourth-order valence-electron chi connectivity index (χ4n) is 4.39. The van der Waals surface area contributed by atoms with Crippen molar-refractivity contribution in [3.05, 3.63) is 35.9 Å². The largest absolute Gasteiger partial charge is 0.385 e. The van der Waals surface area contributed by atoms with E-state index in [0.29, 0.717) is 18.4 Å². The summed E-state index contributed by atoms with van der Waals surface area (Å²) in [5.74, 6) is -2.02. The fourth-order valence-corrected chi connectivity index (χ4v) is 4.39. The third kappa shape index (κ3) is 8.07. The summed E-state index contributed by atoms with van der Waals surface area (Å²) >= 11 is 0. The summed E-state index contributed by atoms with van der Waals surface area (Å²) in [6.07, 6.45) is -0.457. The molecule has 0 aliphatic carbocycles. The van der Waals surface area contributed by atoms with Gasteiger partial charge in [-0.05, 0) is 24.9 Å². The van der Waals surface area contributed by atoms with Crippen molar-refractivity contribution in [2.75, 3.05) is 27.7 Å². The van der Waals surface area contributed by atoms with E-state index in [-0.39, 0.29) is 49.7 Å². The molecule has 0 bridgehead atoms. The number of carbonyl (C=O) groups excluding carboxylic acids is 5. The van der Waals surface area contributed by atoms with Crippen LogP contribution in [0.3, 0.4) is 0 Å². The van der Waals surface area contributed by atoms with Crippen LogP contribution in [0.4, 0.5) is 0 Å². The number of hydrogen-bond acceptors (Lipinski definition) is 7. The summed E-state index contributed by atoms with van der Waals surface area (Å²) < 4.78 is 0. The highest BCUT2D eigenvalue weighted by molar-refractivity contribution is 5.95. The van der Waals surface area contributed by atoms with Gasteiger partial charge in [0.15, 0.2) is 11.6 Å². The number of aliphatic hydroxyl groups excluding tert-OH is 1. The van der Waals surface area contributed by atoms with Crippen molar-refractivity contribution in [2.24, 2.45) is 5.92 Å². The maximum absolute atomic E-state index is 12.7. The minimum absolute atomic E-state index is 0.00193. The normalized spacial score (nSPS) is 18.5. The molecule has 1 aliphatic rings. The second kappa shape index (κ2) is 13.3. The molecular formula is C26H37N3O6. The first-order valence-corrected chi connectivity index (χ1v) is 12.1. The quantitative estimate of drug-likeness (QED) is 0.430. The molecule has 1 aromatic carbocycles. The molecule has 1 saturated heterocycles. The van der Waals surface area contributed by atoms with Crippen LogP contribution in [0, 0.1) is 5.92 Å². The molecule has 0 spiro atoms. The summed E-state index contributed by atoms with van der Waals surface area (Å²) in [6, 6.07) is 7.43. The number of aliphatic hydroxyl groups is 1. The van der Waals surface area contributed by atoms with Crippen molar-refractivity contribution in [3.63, 3.8) is 0 Å². The highest BCUT2D eigenvalue weighted by Crippen LogP contribution is 2.23. The number of nitrogens with one attached hydrogen (secondary N) is 1. The number of likely N-dealkylation sites (tertiary alicyclic amines) is 1. The summed E-state index contributed by atoms with van der Waals surface area (Å²) in [5, 5.41) is 13.4. The van der Waals surface area contributed by atoms with Crippen LogP contribution in [0.1, 0.15) is 57.1 Å². The lowest BCUT2D eigenvalue weighted by molar-refractivity contribution is -0.136. The van der Waals surface area contributed by atoms with Gasteiger partial charge in [-0.2, -0.15) is 0 Å². The Hall–Kier alpha value is -2.91. The number of hydrogen-bond donors (Lipinski definition) is 2. The smallest absolute Gasteiger partial charge is 0.249 e. The van der Waals surface area contributed by atoms with Gasteiger partial charge in [-0.25, -0.2) is 0 Å². The number of ketones is 3. The van der Waals surface area contributed by atoms with E-state index >= 15 is 0 Å². The highest BCUT2D eigenvalue weighted by atomic mass is 16.3. The Labute approximate surface area is 206 Å². The van der Waals surface area contributed by atoms with Gasteiger partial charge in [-0.3, -0.25) is 28.9 Å². The molecule has 4 atom stereocenters. The van der Waals surface area contributed by atoms with Gasteiger partial charge in [0.1, 0.15) is 17.9 Å². The SMILES string of the molecule is CCCC(CC(=O)C1CC(=O)CN1C)C(O)C(=O)CCC(=O)N[C@H](C(=O)N(C)C)c1ccccc1. The van der Waals surface area contributed by atoms with Crippen LogP contribution in [0.25, 0.3) is 0 Å². The van der Waals surface area contributed by atoms with Gasteiger partial charge < -0.3 is 15.3 Å². The molecule has 9 nitrogen and oxygen atoms in total. The van der Waals surface area contributed by atoms with Gasteiger partial charge in [0.2, 0.25) is 11.8 Å². The van der Waals surface area contributed by atoms with Crippen molar-refractivity contribution in [2.45, 2.75) is 63.6 Å². The molecule has 2 N–H and O–H groups in total. The van der Waals surface area contributed by atoms with Gasteiger partial charge in [0.25, 0.3) is 0 Å². The zero-order valence-electron chi connectivity index (χ0n) is 21.0. The molecule has 3 unspecified atom stereocenters. The second-order valence-electron chi connectivity index (χ2n) is 9.45. The minimum atomic E-state index is -1.37. The van der Waals surface area contributed by atoms with Crippen molar-refractivity contribution in [1.29, 1.82) is 0 Å². The Morgan fingerprint density at radius 1 is 1.14 bits per heavy atom. The topological polar surface area (TPSA) is 124 Å². The van der Waals surface area contributed by atoms with Crippen LogP contribution in [-0.2, 0) is 24.0 Å². The maximum atomic E-state index is 12.7. The fraction of sp³-hybridized carbons (Fsp3) is 0.577. The summed E-state index contributed by atoms with van der Waals surface area (Å²) in [5.41, 5.74) is 0.628. The number of Topliss-reactive ketones (excluding diaryl/α,β-unsaturated/α-hetero) is 3. The lowest BCUT2D eigenvalue weighted by Gasteiger charge is -2.24. The van der Waals surface area contributed by atoms with Gasteiger partial charge in [0, 0.05) is 39.8 Å². The standard InChI is InChI=1S/C26H37N3O6/c1-5-9-18(14-22(32)20-15-19(30)16-29(20)4)25(34)21(31)12-13-23(33)27-24(26(35)28(2)3)17-10-7-6-8-11-17/h6-8,10-11,18,20,24-25,34H,5,9,12-16H2,1-4H3,(H,27,33)/t18?,20?,24-,25?/m0/s1. The molecule has 1 aromatic rings. The number of benzene rings is 1. The Kier molecular flexibility index (Phi) is 10.7. The van der Waals surface area contributed by atoms with Crippen LogP contribution < -0.4 is 5.32 Å². The monoisotopic (exact) mass is 487 g/mol. The van der Waals surface area contributed by atoms with Crippen molar-refractivity contribution in [3.8, 4) is 0 Å². The molecule has 0 saturated carbocycles. The van der Waals surface area contributed by atoms with E-state index in [0.717, 1.165) is 0 Å². The number of carbonyl (C=O) groups is 5. The summed E-state index contributed by atoms with van der Waals surface area (Å²) in [6.45, 7) is 2.13. The van der Waals surface area contributed by atoms with Crippen LogP contribution in [0.5, 0.6) is 0 Å². The molecule has 192 valence electrons. The van der Waals surface area contributed by atoms with Gasteiger partial charge in [-0.1, -0.05) is 43.7 Å². The molecule has 0 aromatic heterocycles. The Morgan fingerprint density at radius 3 is 2.34 bits per heavy atom. The molecule has 1 fully saturated rings. The van der Waals surface area contributed by atoms with Crippen molar-refractivity contribution in [1.82, 2.24) is 15.1 Å². The molecule has 9 heteroatoms. The van der Waals surface area contributed by atoms with Crippen molar-refractivity contribution >= 4 is 29.2 Å². The average molecular weight is 488 g/mol. The van der Waals surface area contributed by atoms with Crippen LogP contribution in [0.2, 0.25) is 0 Å². The predicted octanol–water partition coefficient (Wildman–Crippen LogP) is 1.29. The van der Waals surface area contributed by atoms with E-state index in [2.05, 4.69) is 5.32 Å². The predicted molar refractivity (Wildman–Crippen MR) is 130 cm³/mol. The van der Waals surface area contributed by atoms with E-state index < -0.39 is 35.8 Å². The molecule has 0 radical (unpaired) electrons. The first-order valence-electron chi connectivity index (χ1n) is 12.1. The summed E-state index contributed by atoms with van der Waals surface area (Å²) in [4.78, 5) is 65.4. The zero-order valence-corrected chi connectivity index (χ0v) is 21.0. The first kappa shape index (κ1) is 28.3. The van der Waals surface area contributed by atoms with Gasteiger partial charge >= 0.3 is 0 Å². The van der Waals surface area contributed by atoms with Crippen molar-refractivity contribution < 1.29 is 29.1 Å². The molecule has 2 rings (SSSR count). The van der Waals surface area contributed by atoms with E-state index in [1.165, 1.54) is 4.90 Å². The molecular weight excluding hydrogens is 450 g/mol. The zero-order chi connectivity index (χ0) is 26.1. The van der Waals surface area contributed by atoms with Crippen LogP contribution in [-0.4, -0.2) is 83.9 Å². The van der Waals surface area contributed by atoms with Crippen LogP contribution >= 0.6 is 0 Å². The van der Waals surface area contributed by atoms with E-state index in [9.17, 15) is 29.1 Å². The van der Waals surface area contributed by atoms with E-state index in [1.54, 1.807) is 50.3 Å². The molecule has 1 heterocycles. The second-order valence-corrected chi connectivity index (χ2v) is 9.45. The van der Waals surface area contributed by atoms with Gasteiger partial charge in [-0.15, -0.1) is 0 Å². The van der Waals surface area contributed by atoms with E-state index in [4.69, 9.17) is 0 Å². The minimum Gasteiger partial charge on any atom is -0.385 e. The number of nitrogens with zero attached hydrogens (tertiary/aromatic N) is 2. The van der Waals surface area contributed by atoms with Crippen LogP contribution in [0.15, 0.2) is 30.3 Å². The number of amides is 2. The lowest BCUT2D eigenvalue weighted by Crippen LogP contribution is -2.40. The first-order chi connectivity index (χ1) is 16.5. The third-order valence-electron chi connectivity index (χ3n) is 6.37. The highest BCUT2D eigenvalue weighted by Gasteiger charge is 2.36. The molecule has 1 aliphatic heterocycles. The number of likely N-dealkylation sites (N-methyl/N-ethyl adjacent to an activating group) is 2. The Bertz CT molecular complexity index is 917. The van der Waals surface area contributed by atoms with Gasteiger partial charge in [0.05, 0.1) is 12.6 Å². The third-order valence-corrected chi connectivity index (χ3v) is 6.37. The van der Waals surface area contributed by atoms with E-state index in [1.807, 2.05) is 13.0 Å². The molecule has 2 amide bonds. The number of rotatable bonds is 13. The summed E-state index contributed by atoms with van der Waals surface area (Å²) in [7, 11) is 4.91. The maximum Gasteiger partial charge on any atom is 0.249 e. The Morgan fingerprint density at radius 2 is 1.80 bits per heavy atom. The molecule has 35 heavy (non-hydrogen) atoms. The lowest BCUT2D eigenvalue weighted by atomic mass is 9.86. The Balaban J connectivity index is 1.96.